The molecule has 26 heavy (non-hydrogen) atoms. The van der Waals surface area contributed by atoms with Gasteiger partial charge in [0.05, 0.1) is 16.4 Å². The van der Waals surface area contributed by atoms with Crippen LogP contribution in [0, 0.1) is 0 Å². The first-order valence-corrected chi connectivity index (χ1v) is 10.8. The Kier molecular flexibility index (Phi) is 7.98. The van der Waals surface area contributed by atoms with Crippen LogP contribution < -0.4 is 4.74 Å². The van der Waals surface area contributed by atoms with Gasteiger partial charge in [0.2, 0.25) is 9.84 Å². The van der Waals surface area contributed by atoms with E-state index in [0.717, 1.165) is 12.8 Å². The molecule has 2 rings (SSSR count). The average Bonchev–Trinajstić information content (AvgIpc) is 2.65. The Labute approximate surface area is 156 Å². The molecule has 2 aromatic carbocycles. The maximum Gasteiger partial charge on any atom is 0.206 e. The van der Waals surface area contributed by atoms with E-state index in [4.69, 9.17) is 4.74 Å². The molecular formula is C21H28O4S. The highest BCUT2D eigenvalue weighted by atomic mass is 32.2. The van der Waals surface area contributed by atoms with E-state index in [1.165, 1.54) is 56.4 Å². The van der Waals surface area contributed by atoms with Crippen LogP contribution in [-0.4, -0.2) is 20.1 Å². The van der Waals surface area contributed by atoms with Crippen molar-refractivity contribution in [3.63, 3.8) is 0 Å². The first-order chi connectivity index (χ1) is 12.5. The Hall–Kier alpha value is -2.01. The van der Waals surface area contributed by atoms with Crippen molar-refractivity contribution in [2.75, 3.05) is 6.61 Å². The summed E-state index contributed by atoms with van der Waals surface area (Å²) in [5, 5.41) is 9.29. The third-order valence-electron chi connectivity index (χ3n) is 4.30. The lowest BCUT2D eigenvalue weighted by Gasteiger charge is -2.08. The lowest BCUT2D eigenvalue weighted by Crippen LogP contribution is -2.02. The van der Waals surface area contributed by atoms with Crippen LogP contribution in [-0.2, 0) is 9.84 Å². The number of hydrogen-bond acceptors (Lipinski definition) is 4. The fourth-order valence-electron chi connectivity index (χ4n) is 2.73. The Morgan fingerprint density at radius 3 is 1.85 bits per heavy atom. The van der Waals surface area contributed by atoms with Crippen molar-refractivity contribution >= 4 is 9.84 Å². The predicted octanol–water partition coefficient (Wildman–Crippen LogP) is 5.35. The molecule has 0 atom stereocenters. The average molecular weight is 377 g/mol. The highest BCUT2D eigenvalue weighted by Crippen LogP contribution is 2.24. The molecule has 5 heteroatoms. The molecule has 0 aliphatic carbocycles. The van der Waals surface area contributed by atoms with Crippen molar-refractivity contribution in [3.8, 4) is 11.5 Å². The number of aromatic hydroxyl groups is 1. The minimum Gasteiger partial charge on any atom is -0.508 e. The molecule has 0 spiro atoms. The van der Waals surface area contributed by atoms with Gasteiger partial charge in [-0.25, -0.2) is 8.42 Å². The molecule has 2 aromatic rings. The van der Waals surface area contributed by atoms with E-state index in [1.807, 2.05) is 0 Å². The van der Waals surface area contributed by atoms with Gasteiger partial charge in [0.1, 0.15) is 11.5 Å². The van der Waals surface area contributed by atoms with Crippen molar-refractivity contribution in [1.29, 1.82) is 0 Å². The third-order valence-corrected chi connectivity index (χ3v) is 6.08. The number of phenols is 1. The summed E-state index contributed by atoms with van der Waals surface area (Å²) >= 11 is 0. The van der Waals surface area contributed by atoms with Crippen LogP contribution in [0.4, 0.5) is 0 Å². The van der Waals surface area contributed by atoms with E-state index in [9.17, 15) is 13.5 Å². The maximum absolute atomic E-state index is 12.5. The lowest BCUT2D eigenvalue weighted by atomic mass is 10.1. The summed E-state index contributed by atoms with van der Waals surface area (Å²) in [4.78, 5) is 0.374. The molecule has 0 amide bonds. The van der Waals surface area contributed by atoms with E-state index in [0.29, 0.717) is 12.4 Å². The predicted molar refractivity (Wildman–Crippen MR) is 103 cm³/mol. The van der Waals surface area contributed by atoms with Gasteiger partial charge in [-0.2, -0.15) is 0 Å². The topological polar surface area (TPSA) is 63.6 Å². The van der Waals surface area contributed by atoms with Gasteiger partial charge >= 0.3 is 0 Å². The Morgan fingerprint density at radius 1 is 0.769 bits per heavy atom. The van der Waals surface area contributed by atoms with Crippen molar-refractivity contribution in [3.05, 3.63) is 48.5 Å². The van der Waals surface area contributed by atoms with Crippen LogP contribution in [0.3, 0.4) is 0 Å². The minimum absolute atomic E-state index is 0.0399. The zero-order chi connectivity index (χ0) is 18.8. The van der Waals surface area contributed by atoms with Gasteiger partial charge in [-0.1, -0.05) is 45.4 Å². The molecule has 142 valence electrons. The summed E-state index contributed by atoms with van der Waals surface area (Å²) < 4.78 is 30.8. The highest BCUT2D eigenvalue weighted by molar-refractivity contribution is 7.91. The number of ether oxygens (including phenoxy) is 1. The molecule has 0 aliphatic rings. The Balaban J connectivity index is 1.81. The standard InChI is InChI=1S/C21H28O4S/c1-2-3-4-5-6-7-8-17-25-19-11-15-21(16-12-19)26(23,24)20-13-9-18(22)10-14-20/h9-16,22H,2-8,17H2,1H3. The van der Waals surface area contributed by atoms with Crippen molar-refractivity contribution in [1.82, 2.24) is 0 Å². The highest BCUT2D eigenvalue weighted by Gasteiger charge is 2.17. The smallest absolute Gasteiger partial charge is 0.206 e. The van der Waals surface area contributed by atoms with Gasteiger partial charge < -0.3 is 9.84 Å². The number of phenolic OH excluding ortho intramolecular Hbond substituents is 1. The van der Waals surface area contributed by atoms with Crippen LogP contribution in [0.2, 0.25) is 0 Å². The maximum atomic E-state index is 12.5. The first kappa shape index (κ1) is 20.3. The van der Waals surface area contributed by atoms with Gasteiger partial charge in [-0.15, -0.1) is 0 Å². The lowest BCUT2D eigenvalue weighted by molar-refractivity contribution is 0.304. The first-order valence-electron chi connectivity index (χ1n) is 9.31. The number of hydrogen-bond donors (Lipinski definition) is 1. The van der Waals surface area contributed by atoms with Crippen molar-refractivity contribution < 1.29 is 18.3 Å². The second-order valence-corrected chi connectivity index (χ2v) is 8.39. The van der Waals surface area contributed by atoms with Gasteiger partial charge in [0, 0.05) is 0 Å². The number of sulfone groups is 1. The van der Waals surface area contributed by atoms with Gasteiger partial charge in [-0.05, 0) is 55.0 Å². The molecule has 4 nitrogen and oxygen atoms in total. The fourth-order valence-corrected chi connectivity index (χ4v) is 3.99. The van der Waals surface area contributed by atoms with Crippen LogP contribution in [0.25, 0.3) is 0 Å². The van der Waals surface area contributed by atoms with E-state index in [1.54, 1.807) is 24.3 Å². The Bertz CT molecular complexity index is 750. The van der Waals surface area contributed by atoms with Crippen LogP contribution >= 0.6 is 0 Å². The van der Waals surface area contributed by atoms with Gasteiger partial charge in [-0.3, -0.25) is 0 Å². The monoisotopic (exact) mass is 376 g/mol. The molecule has 0 bridgehead atoms. The molecular weight excluding hydrogens is 348 g/mol. The quantitative estimate of drug-likeness (QED) is 0.537. The number of benzene rings is 2. The van der Waals surface area contributed by atoms with E-state index in [-0.39, 0.29) is 15.5 Å². The van der Waals surface area contributed by atoms with Gasteiger partial charge in [0.15, 0.2) is 0 Å². The Morgan fingerprint density at radius 2 is 1.27 bits per heavy atom. The summed E-state index contributed by atoms with van der Waals surface area (Å²) in [6.45, 7) is 2.87. The van der Waals surface area contributed by atoms with E-state index in [2.05, 4.69) is 6.92 Å². The van der Waals surface area contributed by atoms with Crippen LogP contribution in [0.15, 0.2) is 58.3 Å². The van der Waals surface area contributed by atoms with E-state index < -0.39 is 9.84 Å². The molecule has 0 aliphatic heterocycles. The molecule has 0 saturated carbocycles. The summed E-state index contributed by atoms with van der Waals surface area (Å²) in [7, 11) is -3.58. The third kappa shape index (κ3) is 6.06. The minimum atomic E-state index is -3.58. The normalized spacial score (nSPS) is 11.4. The summed E-state index contributed by atoms with van der Waals surface area (Å²) in [5.74, 6) is 0.721. The van der Waals surface area contributed by atoms with Gasteiger partial charge in [0.25, 0.3) is 0 Å². The van der Waals surface area contributed by atoms with Crippen molar-refractivity contribution in [2.45, 2.75) is 61.7 Å². The largest absolute Gasteiger partial charge is 0.508 e. The summed E-state index contributed by atoms with van der Waals surface area (Å²) in [5.41, 5.74) is 0. The second-order valence-electron chi connectivity index (χ2n) is 6.44. The molecule has 0 radical (unpaired) electrons. The van der Waals surface area contributed by atoms with Crippen LogP contribution in [0.1, 0.15) is 51.9 Å². The zero-order valence-electron chi connectivity index (χ0n) is 15.4. The van der Waals surface area contributed by atoms with Crippen LogP contribution in [0.5, 0.6) is 11.5 Å². The molecule has 0 fully saturated rings. The molecule has 0 unspecified atom stereocenters. The molecule has 1 N–H and O–H groups in total. The molecule has 0 aromatic heterocycles. The molecule has 0 saturated heterocycles. The number of rotatable bonds is 11. The zero-order valence-corrected chi connectivity index (χ0v) is 16.2. The summed E-state index contributed by atoms with van der Waals surface area (Å²) in [6.07, 6.45) is 8.60. The summed E-state index contributed by atoms with van der Waals surface area (Å²) in [6, 6.07) is 12.0. The number of unbranched alkanes of at least 4 members (excludes halogenated alkanes) is 6. The second kappa shape index (κ2) is 10.2. The fraction of sp³-hybridized carbons (Fsp3) is 0.429. The molecule has 0 heterocycles. The van der Waals surface area contributed by atoms with Crippen molar-refractivity contribution in [2.24, 2.45) is 0 Å². The van der Waals surface area contributed by atoms with E-state index >= 15 is 0 Å². The SMILES string of the molecule is CCCCCCCCCOc1ccc(S(=O)(=O)c2ccc(O)cc2)cc1.